The minimum Gasteiger partial charge on any atom is -0.478 e. The molecule has 7 rings (SSSR count). The molecule has 0 fully saturated rings. The Labute approximate surface area is 249 Å². The van der Waals surface area contributed by atoms with Crippen LogP contribution in [0.1, 0.15) is 43.5 Å². The summed E-state index contributed by atoms with van der Waals surface area (Å²) in [4.78, 5) is 39.5. The van der Waals surface area contributed by atoms with E-state index in [1.807, 2.05) is 48.6 Å². The SMILES string of the molecule is Nc1c2nc(c(-c3ccc(C(=O)O)cc3)c3ccc([nH]3)c(N)c3nc(c(-c4ccc(C(=O)O)cc4)c4ccc1[nH]4)C=C3)C=C2. The lowest BCUT2D eigenvalue weighted by molar-refractivity contribution is 0.0686. The fourth-order valence-corrected chi connectivity index (χ4v) is 5.42. The molecule has 0 amide bonds. The third-order valence-corrected chi connectivity index (χ3v) is 7.68. The normalized spacial score (nSPS) is 12.0. The molecule has 214 valence electrons. The van der Waals surface area contributed by atoms with Gasteiger partial charge in [0.1, 0.15) is 0 Å². The predicted octanol–water partition coefficient (Wildman–Crippen LogP) is 6.55. The first kappa shape index (κ1) is 26.5. The van der Waals surface area contributed by atoms with Crippen LogP contribution in [0.3, 0.4) is 0 Å². The van der Waals surface area contributed by atoms with Crippen molar-refractivity contribution in [2.45, 2.75) is 0 Å². The lowest BCUT2D eigenvalue weighted by atomic mass is 10.0. The summed E-state index contributed by atoms with van der Waals surface area (Å²) in [5.74, 6) is -2.02. The average molecular weight is 581 g/mol. The number of carboxylic acids is 2. The Bertz CT molecular complexity index is 2080. The summed E-state index contributed by atoms with van der Waals surface area (Å²) in [7, 11) is 0. The number of nitrogens with two attached hydrogens (primary N) is 2. The largest absolute Gasteiger partial charge is 0.478 e. The Balaban J connectivity index is 1.56. The molecule has 0 radical (unpaired) electrons. The Morgan fingerprint density at radius 3 is 1.20 bits per heavy atom. The van der Waals surface area contributed by atoms with Crippen LogP contribution in [-0.4, -0.2) is 42.1 Å². The third kappa shape index (κ3) is 4.47. The highest BCUT2D eigenvalue weighted by molar-refractivity contribution is 5.98. The van der Waals surface area contributed by atoms with E-state index in [4.69, 9.17) is 21.4 Å². The van der Waals surface area contributed by atoms with Crippen LogP contribution in [0, 0.1) is 0 Å². The van der Waals surface area contributed by atoms with Gasteiger partial charge in [-0.15, -0.1) is 0 Å². The number of nitrogens with one attached hydrogen (secondary N) is 2. The molecule has 0 unspecified atom stereocenters. The maximum Gasteiger partial charge on any atom is 0.335 e. The molecule has 8 N–H and O–H groups in total. The van der Waals surface area contributed by atoms with Crippen molar-refractivity contribution in [3.8, 4) is 22.3 Å². The van der Waals surface area contributed by atoms with Crippen molar-refractivity contribution in [2.75, 3.05) is 11.5 Å². The molecule has 2 aliphatic rings. The van der Waals surface area contributed by atoms with Gasteiger partial charge in [0.25, 0.3) is 0 Å². The molecule has 0 saturated heterocycles. The molecule has 0 saturated carbocycles. The van der Waals surface area contributed by atoms with Gasteiger partial charge in [-0.05, 0) is 84.0 Å². The van der Waals surface area contributed by atoms with Crippen molar-refractivity contribution in [3.63, 3.8) is 0 Å². The van der Waals surface area contributed by atoms with E-state index in [9.17, 15) is 19.8 Å². The van der Waals surface area contributed by atoms with Crippen LogP contribution in [0.25, 0.3) is 68.6 Å². The smallest absolute Gasteiger partial charge is 0.335 e. The van der Waals surface area contributed by atoms with Crippen LogP contribution in [0.2, 0.25) is 0 Å². The number of H-pyrrole nitrogens is 2. The standard InChI is InChI=1S/C34H24N6O4/c35-31-25-13-9-21(37-25)29(17-1-5-19(6-2-17)33(41)42)22-10-14-26(38-22)32(36)28-16-12-24(40-28)30(23-11-15-27(31)39-23)18-3-7-20(8-4-18)34(43)44/h1-16,37,40H,35-36H2,(H,41,42)(H,43,44). The van der Waals surface area contributed by atoms with E-state index in [-0.39, 0.29) is 11.1 Å². The summed E-state index contributed by atoms with van der Waals surface area (Å²) in [6, 6.07) is 20.7. The number of rotatable bonds is 4. The van der Waals surface area contributed by atoms with Crippen molar-refractivity contribution in [3.05, 3.63) is 107 Å². The lowest BCUT2D eigenvalue weighted by Gasteiger charge is -2.05. The van der Waals surface area contributed by atoms with Crippen molar-refractivity contribution < 1.29 is 19.8 Å². The fourth-order valence-electron chi connectivity index (χ4n) is 5.42. The molecule has 5 heterocycles. The second kappa shape index (κ2) is 10.1. The first-order valence-corrected chi connectivity index (χ1v) is 13.6. The van der Waals surface area contributed by atoms with Gasteiger partial charge in [0, 0.05) is 22.2 Å². The van der Waals surface area contributed by atoms with E-state index in [1.54, 1.807) is 48.5 Å². The van der Waals surface area contributed by atoms with Gasteiger partial charge in [0.2, 0.25) is 0 Å². The number of carbonyl (C=O) groups is 2. The fraction of sp³-hybridized carbons (Fsp3) is 0. The van der Waals surface area contributed by atoms with Gasteiger partial charge < -0.3 is 31.6 Å². The second-order valence-corrected chi connectivity index (χ2v) is 10.3. The van der Waals surface area contributed by atoms with Gasteiger partial charge >= 0.3 is 11.9 Å². The highest BCUT2D eigenvalue weighted by atomic mass is 16.4. The molecule has 5 aromatic rings. The summed E-state index contributed by atoms with van der Waals surface area (Å²) in [5, 5.41) is 18.8. The zero-order valence-corrected chi connectivity index (χ0v) is 23.0. The third-order valence-electron chi connectivity index (χ3n) is 7.68. The molecule has 44 heavy (non-hydrogen) atoms. The summed E-state index contributed by atoms with van der Waals surface area (Å²) in [6.07, 6.45) is 7.40. The summed E-state index contributed by atoms with van der Waals surface area (Å²) in [5.41, 5.74) is 22.6. The van der Waals surface area contributed by atoms with E-state index >= 15 is 0 Å². The highest BCUT2D eigenvalue weighted by Gasteiger charge is 2.17. The number of anilines is 2. The van der Waals surface area contributed by atoms with Gasteiger partial charge in [-0.25, -0.2) is 19.6 Å². The van der Waals surface area contributed by atoms with Crippen LogP contribution in [-0.2, 0) is 0 Å². The van der Waals surface area contributed by atoms with Gasteiger partial charge in [0.05, 0.1) is 56.3 Å². The molecule has 2 aliphatic heterocycles. The topological polar surface area (TPSA) is 184 Å². The maximum absolute atomic E-state index is 11.5. The quantitative estimate of drug-likeness (QED) is 0.135. The Morgan fingerprint density at radius 2 is 0.841 bits per heavy atom. The second-order valence-electron chi connectivity index (χ2n) is 10.3. The summed E-state index contributed by atoms with van der Waals surface area (Å²) in [6.45, 7) is 0. The van der Waals surface area contributed by atoms with Gasteiger partial charge in [-0.1, -0.05) is 24.3 Å². The zero-order valence-electron chi connectivity index (χ0n) is 23.0. The maximum atomic E-state index is 11.5. The van der Waals surface area contributed by atoms with Crippen LogP contribution in [0.5, 0.6) is 0 Å². The van der Waals surface area contributed by atoms with Crippen LogP contribution >= 0.6 is 0 Å². The van der Waals surface area contributed by atoms with Gasteiger partial charge in [0.15, 0.2) is 0 Å². The van der Waals surface area contributed by atoms with Crippen molar-refractivity contribution in [1.29, 1.82) is 0 Å². The number of carboxylic acid groups (broad SMARTS) is 2. The monoisotopic (exact) mass is 580 g/mol. The molecular formula is C34H24N6O4. The van der Waals surface area contributed by atoms with Gasteiger partial charge in [-0.3, -0.25) is 0 Å². The van der Waals surface area contributed by atoms with E-state index < -0.39 is 11.9 Å². The lowest BCUT2D eigenvalue weighted by Crippen LogP contribution is -1.96. The van der Waals surface area contributed by atoms with Crippen LogP contribution < -0.4 is 11.5 Å². The number of benzene rings is 2. The van der Waals surface area contributed by atoms with E-state index in [0.29, 0.717) is 45.2 Å². The van der Waals surface area contributed by atoms with Gasteiger partial charge in [-0.2, -0.15) is 0 Å². The minimum absolute atomic E-state index is 0.177. The van der Waals surface area contributed by atoms with Crippen molar-refractivity contribution in [2.24, 2.45) is 0 Å². The average Bonchev–Trinajstić information content (AvgIpc) is 3.85. The molecule has 10 heteroatoms. The number of fused-ring (bicyclic) bond motifs is 8. The number of aromatic amines is 2. The summed E-state index contributed by atoms with van der Waals surface area (Å²) < 4.78 is 0. The number of aromatic carboxylic acids is 2. The van der Waals surface area contributed by atoms with E-state index in [2.05, 4.69) is 9.97 Å². The van der Waals surface area contributed by atoms with Crippen molar-refractivity contribution in [1.82, 2.24) is 19.9 Å². The Kier molecular flexibility index (Phi) is 6.10. The molecule has 8 bridgehead atoms. The molecule has 0 spiro atoms. The summed E-state index contributed by atoms with van der Waals surface area (Å²) >= 11 is 0. The van der Waals surface area contributed by atoms with Crippen LogP contribution in [0.15, 0.2) is 72.8 Å². The van der Waals surface area contributed by atoms with Crippen molar-refractivity contribution >= 4 is 69.7 Å². The molecule has 0 atom stereocenters. The number of nitrogens with zero attached hydrogens (tertiary/aromatic N) is 2. The molecule has 10 nitrogen and oxygen atoms in total. The zero-order chi connectivity index (χ0) is 30.5. The van der Waals surface area contributed by atoms with E-state index in [0.717, 1.165) is 33.3 Å². The Morgan fingerprint density at radius 1 is 0.500 bits per heavy atom. The number of aromatic nitrogens is 4. The number of nitrogen functional groups attached to an aromatic ring is 2. The number of hydrogen-bond acceptors (Lipinski definition) is 6. The van der Waals surface area contributed by atoms with E-state index in [1.165, 1.54) is 0 Å². The molecular weight excluding hydrogens is 556 g/mol. The minimum atomic E-state index is -1.01. The predicted molar refractivity (Wildman–Crippen MR) is 172 cm³/mol. The first-order valence-electron chi connectivity index (χ1n) is 13.6. The number of hydrogen-bond donors (Lipinski definition) is 6. The Hall–Kier alpha value is -6.42. The highest BCUT2D eigenvalue weighted by Crippen LogP contribution is 2.35. The molecule has 3 aromatic heterocycles. The van der Waals surface area contributed by atoms with Crippen LogP contribution in [0.4, 0.5) is 11.4 Å². The molecule has 2 aromatic carbocycles. The first-order chi connectivity index (χ1) is 21.3. The molecule has 0 aliphatic carbocycles.